The third-order valence-electron chi connectivity index (χ3n) is 11.0. The third-order valence-corrected chi connectivity index (χ3v) is 11.0. The van der Waals surface area contributed by atoms with Crippen LogP contribution in [0.2, 0.25) is 0 Å². The molecule has 3 aromatic carbocycles. The van der Waals surface area contributed by atoms with Gasteiger partial charge in [0, 0.05) is 50.8 Å². The number of phenolic OH excluding ortho intramolecular Hbond substituents is 2. The maximum absolute atomic E-state index is 12.7. The Morgan fingerprint density at radius 3 is 2.16 bits per heavy atom. The highest BCUT2D eigenvalue weighted by Gasteiger charge is 2.36. The normalized spacial score (nSPS) is 22.8. The molecule has 0 bridgehead atoms. The highest BCUT2D eigenvalue weighted by Crippen LogP contribution is 2.38. The minimum atomic E-state index is -0.389. The number of primary amides is 1. The van der Waals surface area contributed by atoms with Crippen LogP contribution < -0.4 is 5.73 Å². The van der Waals surface area contributed by atoms with Crippen LogP contribution in [0.5, 0.6) is 11.5 Å². The van der Waals surface area contributed by atoms with E-state index in [1.165, 1.54) is 5.57 Å². The highest BCUT2D eigenvalue weighted by molar-refractivity contribution is 6.05. The van der Waals surface area contributed by atoms with E-state index in [2.05, 4.69) is 21.1 Å². The number of nitrogens with zero attached hydrogens (tertiary/aromatic N) is 6. The summed E-state index contributed by atoms with van der Waals surface area (Å²) in [5, 5.41) is 19.8. The zero-order valence-corrected chi connectivity index (χ0v) is 31.7. The molecule has 0 aromatic heterocycles. The van der Waals surface area contributed by atoms with E-state index in [9.17, 15) is 29.4 Å². The summed E-state index contributed by atoms with van der Waals surface area (Å²) in [6.45, 7) is 7.55. The number of aryl methyl sites for hydroxylation is 2. The van der Waals surface area contributed by atoms with Crippen LogP contribution in [0, 0.1) is 13.8 Å². The lowest BCUT2D eigenvalue weighted by Crippen LogP contribution is -2.35. The summed E-state index contributed by atoms with van der Waals surface area (Å²) in [6.07, 6.45) is 13.1. The molecular weight excluding hydrogens is 711 g/mol. The lowest BCUT2D eigenvalue weighted by molar-refractivity contribution is -0.117. The van der Waals surface area contributed by atoms with E-state index in [1.54, 1.807) is 55.3 Å². The molecule has 3 atom stereocenters. The summed E-state index contributed by atoms with van der Waals surface area (Å²) in [5.41, 5.74) is 12.2. The van der Waals surface area contributed by atoms with Crippen LogP contribution in [0.25, 0.3) is 0 Å². The van der Waals surface area contributed by atoms with E-state index in [-0.39, 0.29) is 59.7 Å². The lowest BCUT2D eigenvalue weighted by atomic mass is 10.1. The van der Waals surface area contributed by atoms with E-state index in [0.29, 0.717) is 53.1 Å². The number of carbonyl (C=O) groups excluding carboxylic acids is 4. The van der Waals surface area contributed by atoms with Crippen LogP contribution in [-0.4, -0.2) is 105 Å². The summed E-state index contributed by atoms with van der Waals surface area (Å²) in [5.74, 6) is -0.189. The first-order valence-corrected chi connectivity index (χ1v) is 18.8. The predicted octanol–water partition coefficient (Wildman–Crippen LogP) is 6.02. The first kappa shape index (κ1) is 37.9. The van der Waals surface area contributed by atoms with E-state index >= 15 is 0 Å². The molecule has 288 valence electrons. The molecule has 0 aliphatic carbocycles. The number of rotatable bonds is 2. The molecule has 0 unspecified atom stereocenters. The Balaban J connectivity index is 0.000000131. The molecule has 4 N–H and O–H groups in total. The second kappa shape index (κ2) is 15.8. The molecular formula is C43H45N7O6. The van der Waals surface area contributed by atoms with Crippen LogP contribution in [0.1, 0.15) is 81.2 Å². The molecule has 13 heteroatoms. The number of benzene rings is 3. The van der Waals surface area contributed by atoms with E-state index in [4.69, 9.17) is 5.73 Å². The standard InChI is InChI=1S/C16H17N3O3.C15H16N2O2.C12H12N2O/c1-9-2-4-12-14(15(9)21)18-7-11-6-10(3-5-13(17)20)8-19(11)16(12)22;1-3-10-5-11-7-16-13-6-14(18)9(2)4-12(13)15(19)17(11)8-10;15-12-10-5-1-2-6-11(10)13-8-9-4-3-7-14(9)12/h2-4,7,11,21H,5-6,8H2,1H3,(H2,17,20);3-4,6-7,11,18H,5,8H2,1-2H3;1-2,5-6,8-9H,3-4,7H2/b2*10-3+;/t2*11-;9-/m000/s1. The number of phenols is 2. The van der Waals surface area contributed by atoms with Gasteiger partial charge in [-0.15, -0.1) is 0 Å². The highest BCUT2D eigenvalue weighted by atomic mass is 16.3. The molecule has 6 heterocycles. The fraction of sp³-hybridized carbons (Fsp3) is 0.326. The summed E-state index contributed by atoms with van der Waals surface area (Å²) < 4.78 is 0. The van der Waals surface area contributed by atoms with Gasteiger partial charge in [0.1, 0.15) is 17.2 Å². The second-order valence-electron chi connectivity index (χ2n) is 14.7. The number of aromatic hydroxyl groups is 2. The molecule has 3 fully saturated rings. The largest absolute Gasteiger partial charge is 0.508 e. The van der Waals surface area contributed by atoms with Gasteiger partial charge in [-0.05, 0) is 81.8 Å². The Labute approximate surface area is 325 Å². The van der Waals surface area contributed by atoms with Crippen LogP contribution in [0.4, 0.5) is 17.1 Å². The van der Waals surface area contributed by atoms with Crippen molar-refractivity contribution in [1.29, 1.82) is 0 Å². The van der Waals surface area contributed by atoms with Crippen molar-refractivity contribution in [3.05, 3.63) is 99.6 Å². The third kappa shape index (κ3) is 7.48. The van der Waals surface area contributed by atoms with Crippen molar-refractivity contribution in [2.75, 3.05) is 19.6 Å². The summed E-state index contributed by atoms with van der Waals surface area (Å²) in [7, 11) is 0. The number of nitrogens with two attached hydrogens (primary N) is 1. The SMILES string of the molecule is C/C=C1\C[C@H]2C=Nc3cc(O)c(C)cc3C(=O)N2C1.Cc1ccc2c(c1O)N=C[C@@H]1C/C(=C\CC(N)=O)CN1C2=O.O=C1c2ccccc2N=C[C@@H]2CCCN12. The van der Waals surface area contributed by atoms with Crippen molar-refractivity contribution < 1.29 is 29.4 Å². The maximum Gasteiger partial charge on any atom is 0.257 e. The molecule has 3 aromatic rings. The van der Waals surface area contributed by atoms with Gasteiger partial charge in [-0.2, -0.15) is 0 Å². The Morgan fingerprint density at radius 1 is 0.768 bits per heavy atom. The molecule has 0 radical (unpaired) electrons. The molecule has 13 nitrogen and oxygen atoms in total. The van der Waals surface area contributed by atoms with Gasteiger partial charge < -0.3 is 30.6 Å². The first-order chi connectivity index (χ1) is 26.9. The summed E-state index contributed by atoms with van der Waals surface area (Å²) in [4.78, 5) is 66.9. The molecule has 56 heavy (non-hydrogen) atoms. The van der Waals surface area contributed by atoms with Crippen molar-refractivity contribution in [1.82, 2.24) is 14.7 Å². The molecule has 6 aliphatic heterocycles. The number of aliphatic imine (C=N–C) groups is 3. The van der Waals surface area contributed by atoms with Crippen LogP contribution >= 0.6 is 0 Å². The fourth-order valence-corrected chi connectivity index (χ4v) is 7.74. The number of hydrogen-bond acceptors (Lipinski definition) is 9. The number of carbonyl (C=O) groups is 4. The average Bonchev–Trinajstić information content (AvgIpc) is 3.90. The smallest absolute Gasteiger partial charge is 0.257 e. The van der Waals surface area contributed by atoms with E-state index in [1.807, 2.05) is 53.4 Å². The molecule has 9 rings (SSSR count). The predicted molar refractivity (Wildman–Crippen MR) is 215 cm³/mol. The van der Waals surface area contributed by atoms with Gasteiger partial charge in [0.15, 0.2) is 0 Å². The van der Waals surface area contributed by atoms with Crippen LogP contribution in [0.15, 0.2) is 86.8 Å². The quantitative estimate of drug-likeness (QED) is 0.269. The maximum atomic E-state index is 12.7. The zero-order chi connectivity index (χ0) is 39.7. The molecule has 0 saturated carbocycles. The lowest BCUT2D eigenvalue weighted by Gasteiger charge is -2.19. The van der Waals surface area contributed by atoms with Crippen LogP contribution in [0.3, 0.4) is 0 Å². The van der Waals surface area contributed by atoms with Crippen molar-refractivity contribution in [3.63, 3.8) is 0 Å². The van der Waals surface area contributed by atoms with Gasteiger partial charge in [-0.1, -0.05) is 41.5 Å². The Morgan fingerprint density at radius 2 is 1.41 bits per heavy atom. The summed E-state index contributed by atoms with van der Waals surface area (Å²) >= 11 is 0. The monoisotopic (exact) mass is 755 g/mol. The minimum Gasteiger partial charge on any atom is -0.508 e. The number of para-hydroxylation sites is 1. The van der Waals surface area contributed by atoms with Crippen molar-refractivity contribution in [2.45, 2.75) is 71.0 Å². The van der Waals surface area contributed by atoms with Gasteiger partial charge >= 0.3 is 0 Å². The second-order valence-corrected chi connectivity index (χ2v) is 14.7. The Bertz CT molecular complexity index is 2270. The van der Waals surface area contributed by atoms with Crippen molar-refractivity contribution in [3.8, 4) is 11.5 Å². The fourth-order valence-electron chi connectivity index (χ4n) is 7.74. The number of fused-ring (bicyclic) bond motifs is 6. The van der Waals surface area contributed by atoms with Crippen molar-refractivity contribution >= 4 is 59.3 Å². The zero-order valence-electron chi connectivity index (χ0n) is 31.7. The summed E-state index contributed by atoms with van der Waals surface area (Å²) in [6, 6.07) is 14.3. The van der Waals surface area contributed by atoms with Gasteiger partial charge in [0.2, 0.25) is 5.91 Å². The van der Waals surface area contributed by atoms with E-state index in [0.717, 1.165) is 42.6 Å². The molecule has 6 aliphatic rings. The van der Waals surface area contributed by atoms with Gasteiger partial charge in [-0.25, -0.2) is 0 Å². The Kier molecular flexibility index (Phi) is 10.7. The van der Waals surface area contributed by atoms with E-state index < -0.39 is 0 Å². The number of amides is 4. The van der Waals surface area contributed by atoms with Gasteiger partial charge in [0.05, 0.1) is 46.2 Å². The van der Waals surface area contributed by atoms with Gasteiger partial charge in [-0.3, -0.25) is 34.2 Å². The number of hydrogen-bond donors (Lipinski definition) is 3. The first-order valence-electron chi connectivity index (χ1n) is 18.8. The average molecular weight is 756 g/mol. The van der Waals surface area contributed by atoms with Crippen LogP contribution in [-0.2, 0) is 4.79 Å². The molecule has 3 saturated heterocycles. The van der Waals surface area contributed by atoms with Crippen molar-refractivity contribution in [2.24, 2.45) is 20.7 Å². The Hall–Kier alpha value is -6.37. The number of allylic oxidation sites excluding steroid dienone is 1. The topological polar surface area (TPSA) is 182 Å². The van der Waals surface area contributed by atoms with Gasteiger partial charge in [0.25, 0.3) is 17.7 Å². The molecule has 4 amide bonds. The minimum absolute atomic E-state index is 0.00236. The molecule has 0 spiro atoms.